The Kier molecular flexibility index (Phi) is 8.77. The summed E-state index contributed by atoms with van der Waals surface area (Å²) in [5.74, 6) is 0.913. The monoisotopic (exact) mass is 409 g/mol. The van der Waals surface area contributed by atoms with Crippen molar-refractivity contribution < 1.29 is 9.84 Å². The number of ether oxygens (including phenoxy) is 1. The van der Waals surface area contributed by atoms with E-state index in [2.05, 4.69) is 54.3 Å². The van der Waals surface area contributed by atoms with Crippen molar-refractivity contribution in [2.75, 3.05) is 26.2 Å². The summed E-state index contributed by atoms with van der Waals surface area (Å²) in [5.41, 5.74) is 1.35. The molecule has 2 atom stereocenters. The van der Waals surface area contributed by atoms with E-state index in [9.17, 15) is 5.11 Å². The summed E-state index contributed by atoms with van der Waals surface area (Å²) in [4.78, 5) is 2.56. The maximum Gasteiger partial charge on any atom is 0.119 e. The lowest BCUT2D eigenvalue weighted by atomic mass is 9.73. The van der Waals surface area contributed by atoms with E-state index in [1.165, 1.54) is 24.8 Å². The van der Waals surface area contributed by atoms with Gasteiger partial charge in [0.2, 0.25) is 0 Å². The van der Waals surface area contributed by atoms with Crippen LogP contribution >= 0.6 is 0 Å². The molecule has 0 amide bonds. The van der Waals surface area contributed by atoms with E-state index < -0.39 is 5.60 Å². The molecule has 0 saturated carbocycles. The molecule has 2 aromatic carbocycles. The normalized spacial score (nSPS) is 18.0. The second kappa shape index (κ2) is 11.5. The molecular formula is C27H39NO2. The highest BCUT2D eigenvalue weighted by atomic mass is 16.5. The molecule has 1 heterocycles. The molecule has 3 rings (SSSR count). The number of nitrogens with zero attached hydrogens (tertiary/aromatic N) is 1. The molecule has 1 aliphatic rings. The largest absolute Gasteiger partial charge is 0.494 e. The molecule has 1 fully saturated rings. The van der Waals surface area contributed by atoms with Crippen LogP contribution in [0.5, 0.6) is 5.75 Å². The fourth-order valence-corrected chi connectivity index (χ4v) is 4.79. The van der Waals surface area contributed by atoms with Gasteiger partial charge >= 0.3 is 0 Å². The Morgan fingerprint density at radius 3 is 2.27 bits per heavy atom. The number of piperidine rings is 1. The smallest absolute Gasteiger partial charge is 0.119 e. The molecule has 0 aliphatic carbocycles. The summed E-state index contributed by atoms with van der Waals surface area (Å²) in [7, 11) is 0. The van der Waals surface area contributed by atoms with Crippen LogP contribution < -0.4 is 4.74 Å². The van der Waals surface area contributed by atoms with Gasteiger partial charge in [-0.3, -0.25) is 0 Å². The average molecular weight is 410 g/mol. The van der Waals surface area contributed by atoms with Crippen LogP contribution in [-0.4, -0.2) is 36.2 Å². The van der Waals surface area contributed by atoms with Crippen LogP contribution in [-0.2, 0) is 5.60 Å². The fourth-order valence-electron chi connectivity index (χ4n) is 4.79. The van der Waals surface area contributed by atoms with Crippen molar-refractivity contribution in [2.45, 2.75) is 70.3 Å². The van der Waals surface area contributed by atoms with Crippen LogP contribution in [0.25, 0.3) is 0 Å². The van der Waals surface area contributed by atoms with Crippen molar-refractivity contribution >= 4 is 0 Å². The third-order valence-corrected chi connectivity index (χ3v) is 6.49. The van der Waals surface area contributed by atoms with Crippen molar-refractivity contribution in [1.82, 2.24) is 4.90 Å². The second-order valence-electron chi connectivity index (χ2n) is 8.66. The third-order valence-electron chi connectivity index (χ3n) is 6.49. The zero-order valence-corrected chi connectivity index (χ0v) is 18.9. The Labute approximate surface area is 183 Å². The van der Waals surface area contributed by atoms with Gasteiger partial charge in [0.15, 0.2) is 0 Å². The zero-order valence-electron chi connectivity index (χ0n) is 18.9. The first-order valence-electron chi connectivity index (χ1n) is 11.9. The molecule has 1 aliphatic heterocycles. The van der Waals surface area contributed by atoms with E-state index in [1.54, 1.807) is 0 Å². The van der Waals surface area contributed by atoms with E-state index >= 15 is 0 Å². The van der Waals surface area contributed by atoms with Gasteiger partial charge < -0.3 is 14.7 Å². The minimum atomic E-state index is -0.890. The maximum atomic E-state index is 12.3. The molecule has 0 unspecified atom stereocenters. The van der Waals surface area contributed by atoms with Crippen molar-refractivity contribution in [1.29, 1.82) is 0 Å². The van der Waals surface area contributed by atoms with E-state index in [0.717, 1.165) is 56.6 Å². The van der Waals surface area contributed by atoms with Gasteiger partial charge in [-0.15, -0.1) is 0 Å². The lowest BCUT2D eigenvalue weighted by Crippen LogP contribution is -2.42. The van der Waals surface area contributed by atoms with Gasteiger partial charge in [0, 0.05) is 12.5 Å². The van der Waals surface area contributed by atoms with Crippen molar-refractivity contribution in [3.63, 3.8) is 0 Å². The standard InChI is InChI=1S/C27H39NO2/c1-3-5-10-19-27(29,24-15-17-25(18-16-24)30-4-2)26(23-13-8-6-9-14-23)22-28-20-11-7-12-21-28/h6,8-9,13-18,26,29H,3-5,7,10-12,19-22H2,1-2H3/t26-,27+/m1/s1. The molecule has 0 aromatic heterocycles. The van der Waals surface area contributed by atoms with Crippen molar-refractivity contribution in [3.8, 4) is 5.75 Å². The Bertz CT molecular complexity index is 724. The number of benzene rings is 2. The summed E-state index contributed by atoms with van der Waals surface area (Å²) < 4.78 is 5.65. The first-order chi connectivity index (χ1) is 14.7. The average Bonchev–Trinajstić information content (AvgIpc) is 2.79. The Morgan fingerprint density at radius 1 is 0.933 bits per heavy atom. The lowest BCUT2D eigenvalue weighted by molar-refractivity contribution is -0.0167. The lowest BCUT2D eigenvalue weighted by Gasteiger charge is -2.41. The molecule has 1 N–H and O–H groups in total. The van der Waals surface area contributed by atoms with Gasteiger partial charge in [-0.1, -0.05) is 75.1 Å². The number of unbranched alkanes of at least 4 members (excludes halogenated alkanes) is 2. The van der Waals surface area contributed by atoms with Crippen LogP contribution in [0.3, 0.4) is 0 Å². The van der Waals surface area contributed by atoms with Crippen LogP contribution in [0.1, 0.15) is 75.8 Å². The molecule has 2 aromatic rings. The Morgan fingerprint density at radius 2 is 1.63 bits per heavy atom. The zero-order chi connectivity index (χ0) is 21.2. The Balaban J connectivity index is 1.96. The first kappa shape index (κ1) is 22.8. The number of rotatable bonds is 11. The highest BCUT2D eigenvalue weighted by Crippen LogP contribution is 2.42. The highest BCUT2D eigenvalue weighted by molar-refractivity contribution is 5.35. The molecule has 3 heteroatoms. The van der Waals surface area contributed by atoms with Gasteiger partial charge in [0.25, 0.3) is 0 Å². The van der Waals surface area contributed by atoms with Crippen molar-refractivity contribution in [2.24, 2.45) is 0 Å². The van der Waals surface area contributed by atoms with Gasteiger partial charge in [0.1, 0.15) is 5.75 Å². The fraction of sp³-hybridized carbons (Fsp3) is 0.556. The molecule has 0 radical (unpaired) electrons. The summed E-state index contributed by atoms with van der Waals surface area (Å²) in [6, 6.07) is 18.8. The third kappa shape index (κ3) is 5.86. The summed E-state index contributed by atoms with van der Waals surface area (Å²) >= 11 is 0. The van der Waals surface area contributed by atoms with E-state index in [-0.39, 0.29) is 5.92 Å². The minimum Gasteiger partial charge on any atom is -0.494 e. The minimum absolute atomic E-state index is 0.0478. The molecule has 3 nitrogen and oxygen atoms in total. The van der Waals surface area contributed by atoms with Gasteiger partial charge in [-0.05, 0) is 62.5 Å². The number of likely N-dealkylation sites (tertiary alicyclic amines) is 1. The Hall–Kier alpha value is -1.84. The SMILES string of the molecule is CCCCC[C@](O)(c1ccc(OCC)cc1)[C@H](CN1CCCCC1)c1ccccc1. The molecule has 1 saturated heterocycles. The second-order valence-corrected chi connectivity index (χ2v) is 8.66. The summed E-state index contributed by atoms with van der Waals surface area (Å²) in [6.45, 7) is 8.05. The van der Waals surface area contributed by atoms with Gasteiger partial charge in [0.05, 0.1) is 12.2 Å². The quantitative estimate of drug-likeness (QED) is 0.454. The molecule has 164 valence electrons. The van der Waals surface area contributed by atoms with E-state index in [4.69, 9.17) is 4.74 Å². The molecule has 0 bridgehead atoms. The molecule has 30 heavy (non-hydrogen) atoms. The van der Waals surface area contributed by atoms with Gasteiger partial charge in [-0.25, -0.2) is 0 Å². The van der Waals surface area contributed by atoms with Crippen LogP contribution in [0, 0.1) is 0 Å². The summed E-state index contributed by atoms with van der Waals surface area (Å²) in [6.07, 6.45) is 7.96. The number of hydrogen-bond acceptors (Lipinski definition) is 3. The highest BCUT2D eigenvalue weighted by Gasteiger charge is 2.40. The first-order valence-corrected chi connectivity index (χ1v) is 11.9. The topological polar surface area (TPSA) is 32.7 Å². The van der Waals surface area contributed by atoms with E-state index in [0.29, 0.717) is 6.61 Å². The number of aliphatic hydroxyl groups is 1. The predicted octanol–water partition coefficient (Wildman–Crippen LogP) is 6.12. The molecule has 0 spiro atoms. The van der Waals surface area contributed by atoms with Crippen LogP contribution in [0.15, 0.2) is 54.6 Å². The van der Waals surface area contributed by atoms with Crippen LogP contribution in [0.2, 0.25) is 0 Å². The van der Waals surface area contributed by atoms with Crippen molar-refractivity contribution in [3.05, 3.63) is 65.7 Å². The molecular weight excluding hydrogens is 370 g/mol. The maximum absolute atomic E-state index is 12.3. The van der Waals surface area contributed by atoms with Gasteiger partial charge in [-0.2, -0.15) is 0 Å². The predicted molar refractivity (Wildman–Crippen MR) is 125 cm³/mol. The van der Waals surface area contributed by atoms with Crippen LogP contribution in [0.4, 0.5) is 0 Å². The summed E-state index contributed by atoms with van der Waals surface area (Å²) in [5, 5.41) is 12.3. The number of hydrogen-bond donors (Lipinski definition) is 1. The van der Waals surface area contributed by atoms with E-state index in [1.807, 2.05) is 19.1 Å².